The summed E-state index contributed by atoms with van der Waals surface area (Å²) < 4.78 is 11.9. The first-order valence-electron chi connectivity index (χ1n) is 6.16. The number of carbonyl (C=O) groups excluding carboxylic acids is 1. The molecule has 0 bridgehead atoms. The van der Waals surface area contributed by atoms with E-state index in [1.165, 1.54) is 0 Å². The average molecular weight is 326 g/mol. The van der Waals surface area contributed by atoms with Gasteiger partial charge in [0.15, 0.2) is 11.5 Å². The number of benzene rings is 1. The molecule has 1 aromatic carbocycles. The summed E-state index contributed by atoms with van der Waals surface area (Å²) in [4.78, 5) is 14.5. The molecular formula is C14H16BrNO3. The van der Waals surface area contributed by atoms with E-state index in [4.69, 9.17) is 9.47 Å². The number of ether oxygens (including phenoxy) is 2. The Morgan fingerprint density at radius 3 is 2.53 bits per heavy atom. The number of halogens is 1. The predicted molar refractivity (Wildman–Crippen MR) is 75.5 cm³/mol. The monoisotopic (exact) mass is 325 g/mol. The Kier molecular flexibility index (Phi) is 3.97. The molecule has 0 N–H and O–H groups in total. The Balaban J connectivity index is 2.45. The van der Waals surface area contributed by atoms with E-state index in [0.29, 0.717) is 11.5 Å². The number of nitrogens with zero attached hydrogens (tertiary/aromatic N) is 1. The lowest BCUT2D eigenvalue weighted by molar-refractivity contribution is 0.230. The largest absolute Gasteiger partial charge is 0.493 e. The molecule has 0 heterocycles. The summed E-state index contributed by atoms with van der Waals surface area (Å²) in [5, 5.41) is 0. The van der Waals surface area contributed by atoms with Crippen molar-refractivity contribution in [3.8, 4) is 11.5 Å². The summed E-state index contributed by atoms with van der Waals surface area (Å²) >= 11 is 3.52. The topological polar surface area (TPSA) is 47.9 Å². The highest BCUT2D eigenvalue weighted by molar-refractivity contribution is 9.10. The van der Waals surface area contributed by atoms with Gasteiger partial charge in [-0.1, -0.05) is 15.9 Å². The van der Waals surface area contributed by atoms with Crippen LogP contribution in [0.4, 0.5) is 0 Å². The number of isocyanates is 1. The van der Waals surface area contributed by atoms with Crippen LogP contribution in [0.2, 0.25) is 0 Å². The van der Waals surface area contributed by atoms with Gasteiger partial charge in [0.2, 0.25) is 6.08 Å². The molecule has 1 aromatic rings. The maximum Gasteiger partial charge on any atom is 0.235 e. The summed E-state index contributed by atoms with van der Waals surface area (Å²) in [6, 6.07) is 3.75. The van der Waals surface area contributed by atoms with Crippen molar-refractivity contribution in [3.63, 3.8) is 0 Å². The molecule has 0 aromatic heterocycles. The number of methoxy groups -OCH3 is 1. The predicted octanol–water partition coefficient (Wildman–Crippen LogP) is 3.57. The number of aliphatic imine (C=N–C) groups is 1. The van der Waals surface area contributed by atoms with E-state index in [-0.39, 0.29) is 6.10 Å². The van der Waals surface area contributed by atoms with Gasteiger partial charge in [-0.3, -0.25) is 0 Å². The van der Waals surface area contributed by atoms with Gasteiger partial charge in [-0.25, -0.2) is 4.79 Å². The van der Waals surface area contributed by atoms with Crippen LogP contribution >= 0.6 is 15.9 Å². The van der Waals surface area contributed by atoms with Crippen molar-refractivity contribution in [1.29, 1.82) is 0 Å². The molecule has 1 saturated carbocycles. The first-order valence-corrected chi connectivity index (χ1v) is 6.95. The lowest BCUT2D eigenvalue weighted by atomic mass is 10.0. The Labute approximate surface area is 120 Å². The molecule has 0 aliphatic heterocycles. The van der Waals surface area contributed by atoms with Gasteiger partial charge in [0.1, 0.15) is 0 Å². The van der Waals surface area contributed by atoms with Crippen molar-refractivity contribution in [1.82, 2.24) is 0 Å². The van der Waals surface area contributed by atoms with Gasteiger partial charge < -0.3 is 9.47 Å². The second kappa shape index (κ2) is 5.35. The third-order valence-corrected chi connectivity index (χ3v) is 3.76. The second-order valence-corrected chi connectivity index (χ2v) is 5.74. The molecule has 0 radical (unpaired) electrons. The zero-order chi connectivity index (χ0) is 14.0. The van der Waals surface area contributed by atoms with E-state index in [1.54, 1.807) is 13.2 Å². The zero-order valence-electron chi connectivity index (χ0n) is 11.2. The minimum Gasteiger partial charge on any atom is -0.493 e. The molecule has 1 aliphatic rings. The van der Waals surface area contributed by atoms with Gasteiger partial charge in [-0.2, -0.15) is 4.99 Å². The molecule has 102 valence electrons. The minimum atomic E-state index is -0.426. The van der Waals surface area contributed by atoms with Crippen LogP contribution in [0.1, 0.15) is 32.3 Å². The van der Waals surface area contributed by atoms with Crippen molar-refractivity contribution in [2.45, 2.75) is 38.3 Å². The van der Waals surface area contributed by atoms with Crippen LogP contribution in [0.3, 0.4) is 0 Å². The molecule has 0 spiro atoms. The quantitative estimate of drug-likeness (QED) is 0.614. The maximum absolute atomic E-state index is 10.5. The fourth-order valence-electron chi connectivity index (χ4n) is 2.04. The average Bonchev–Trinajstić information content (AvgIpc) is 3.10. The standard InChI is InChI=1S/C14H16BrNO3/c1-9(2)19-13-7-11(15)10(6-12(13)18-3)14(4-5-14)16-8-17/h6-7,9H,4-5H2,1-3H3. The van der Waals surface area contributed by atoms with Crippen LogP contribution in [0.15, 0.2) is 21.6 Å². The summed E-state index contributed by atoms with van der Waals surface area (Å²) in [5.41, 5.74) is 0.522. The lowest BCUT2D eigenvalue weighted by Crippen LogP contribution is -2.09. The van der Waals surface area contributed by atoms with E-state index in [0.717, 1.165) is 22.9 Å². The highest BCUT2D eigenvalue weighted by Crippen LogP contribution is 2.53. The first-order chi connectivity index (χ1) is 9.02. The van der Waals surface area contributed by atoms with E-state index in [2.05, 4.69) is 20.9 Å². The van der Waals surface area contributed by atoms with Crippen molar-refractivity contribution in [3.05, 3.63) is 22.2 Å². The summed E-state index contributed by atoms with van der Waals surface area (Å²) in [6.45, 7) is 3.92. The van der Waals surface area contributed by atoms with Crippen LogP contribution < -0.4 is 9.47 Å². The van der Waals surface area contributed by atoms with Gasteiger partial charge in [-0.15, -0.1) is 0 Å². The molecule has 0 amide bonds. The van der Waals surface area contributed by atoms with E-state index in [1.807, 2.05) is 26.0 Å². The molecule has 19 heavy (non-hydrogen) atoms. The Morgan fingerprint density at radius 1 is 1.37 bits per heavy atom. The zero-order valence-corrected chi connectivity index (χ0v) is 12.8. The van der Waals surface area contributed by atoms with Crippen LogP contribution in [0.25, 0.3) is 0 Å². The van der Waals surface area contributed by atoms with Crippen molar-refractivity contribution >= 4 is 22.0 Å². The number of hydrogen-bond donors (Lipinski definition) is 0. The molecule has 4 nitrogen and oxygen atoms in total. The fourth-order valence-corrected chi connectivity index (χ4v) is 2.74. The fraction of sp³-hybridized carbons (Fsp3) is 0.500. The van der Waals surface area contributed by atoms with Crippen molar-refractivity contribution in [2.24, 2.45) is 4.99 Å². The van der Waals surface area contributed by atoms with Gasteiger partial charge >= 0.3 is 0 Å². The van der Waals surface area contributed by atoms with E-state index >= 15 is 0 Å². The van der Waals surface area contributed by atoms with Crippen LogP contribution in [0, 0.1) is 0 Å². The van der Waals surface area contributed by atoms with Gasteiger partial charge in [0, 0.05) is 4.47 Å². The molecule has 2 rings (SSSR count). The summed E-state index contributed by atoms with van der Waals surface area (Å²) in [5.74, 6) is 1.33. The molecule has 1 fully saturated rings. The smallest absolute Gasteiger partial charge is 0.235 e. The highest BCUT2D eigenvalue weighted by Gasteiger charge is 2.46. The van der Waals surface area contributed by atoms with Crippen molar-refractivity contribution in [2.75, 3.05) is 7.11 Å². The Hall–Kier alpha value is -1.32. The van der Waals surface area contributed by atoms with E-state index < -0.39 is 5.54 Å². The van der Waals surface area contributed by atoms with Crippen molar-refractivity contribution < 1.29 is 14.3 Å². The molecule has 0 unspecified atom stereocenters. The molecular weight excluding hydrogens is 310 g/mol. The Bertz CT molecular complexity index is 532. The van der Waals surface area contributed by atoms with Crippen LogP contribution in [0.5, 0.6) is 11.5 Å². The first kappa shape index (κ1) is 14.1. The molecule has 5 heteroatoms. The highest BCUT2D eigenvalue weighted by atomic mass is 79.9. The van der Waals surface area contributed by atoms with Crippen LogP contribution in [-0.2, 0) is 10.3 Å². The third kappa shape index (κ3) is 2.82. The van der Waals surface area contributed by atoms with Gasteiger partial charge in [0.05, 0.1) is 18.8 Å². The summed E-state index contributed by atoms with van der Waals surface area (Å²) in [6.07, 6.45) is 3.44. The maximum atomic E-state index is 10.5. The molecule has 0 saturated heterocycles. The van der Waals surface area contributed by atoms with Gasteiger partial charge in [-0.05, 0) is 44.4 Å². The molecule has 0 atom stereocenters. The molecule has 1 aliphatic carbocycles. The lowest BCUT2D eigenvalue weighted by Gasteiger charge is -2.18. The normalized spacial score (nSPS) is 15.8. The third-order valence-electron chi connectivity index (χ3n) is 3.10. The Morgan fingerprint density at radius 2 is 2.05 bits per heavy atom. The number of hydrogen-bond acceptors (Lipinski definition) is 4. The van der Waals surface area contributed by atoms with Gasteiger partial charge in [0.25, 0.3) is 0 Å². The number of rotatable bonds is 5. The van der Waals surface area contributed by atoms with Crippen LogP contribution in [-0.4, -0.2) is 19.3 Å². The minimum absolute atomic E-state index is 0.0644. The second-order valence-electron chi connectivity index (χ2n) is 4.88. The van der Waals surface area contributed by atoms with E-state index in [9.17, 15) is 4.79 Å². The SMILES string of the molecule is COc1cc(C2(N=C=O)CC2)c(Br)cc1OC(C)C. The summed E-state index contributed by atoms with van der Waals surface area (Å²) in [7, 11) is 1.60.